The summed E-state index contributed by atoms with van der Waals surface area (Å²) in [6.45, 7) is 3.97. The van der Waals surface area contributed by atoms with Gasteiger partial charge in [0.15, 0.2) is 0 Å². The van der Waals surface area contributed by atoms with Crippen LogP contribution in [0.2, 0.25) is 0 Å². The second-order valence-corrected chi connectivity index (χ2v) is 7.47. The molecule has 4 nitrogen and oxygen atoms in total. The van der Waals surface area contributed by atoms with Crippen LogP contribution in [0.4, 0.5) is 0 Å². The lowest BCUT2D eigenvalue weighted by Crippen LogP contribution is -2.30. The van der Waals surface area contributed by atoms with Crippen molar-refractivity contribution in [2.75, 3.05) is 13.1 Å². The predicted molar refractivity (Wildman–Crippen MR) is 93.6 cm³/mol. The minimum Gasteiger partial charge on any atom is -0.342 e. The zero-order chi connectivity index (χ0) is 16.7. The maximum absolute atomic E-state index is 12.8. The van der Waals surface area contributed by atoms with E-state index in [2.05, 4.69) is 47.4 Å². The van der Waals surface area contributed by atoms with E-state index in [1.165, 1.54) is 16.7 Å². The zero-order valence-electron chi connectivity index (χ0n) is 14.5. The lowest BCUT2D eigenvalue weighted by Gasteiger charge is -2.17. The number of carbonyl (C=O) groups is 1. The number of benzene rings is 1. The van der Waals surface area contributed by atoms with Gasteiger partial charge >= 0.3 is 0 Å². The minimum atomic E-state index is 0.211. The minimum absolute atomic E-state index is 0.211. The quantitative estimate of drug-likeness (QED) is 0.868. The van der Waals surface area contributed by atoms with Gasteiger partial charge in [0.2, 0.25) is 5.91 Å². The summed E-state index contributed by atoms with van der Waals surface area (Å²) in [5.41, 5.74) is 3.96. The van der Waals surface area contributed by atoms with E-state index in [4.69, 9.17) is 0 Å². The molecular formula is C20H25N3O. The Hall–Kier alpha value is -2.10. The molecule has 0 spiro atoms. The Morgan fingerprint density at radius 1 is 1.33 bits per heavy atom. The van der Waals surface area contributed by atoms with Gasteiger partial charge < -0.3 is 4.90 Å². The highest BCUT2D eigenvalue weighted by Crippen LogP contribution is 2.49. The van der Waals surface area contributed by atoms with Crippen molar-refractivity contribution < 1.29 is 4.79 Å². The molecule has 0 unspecified atom stereocenters. The highest BCUT2D eigenvalue weighted by Gasteiger charge is 2.47. The molecule has 2 aliphatic rings. The van der Waals surface area contributed by atoms with Gasteiger partial charge in [0.25, 0.3) is 0 Å². The molecule has 0 N–H and O–H groups in total. The first-order chi connectivity index (χ1) is 11.6. The number of rotatable bonds is 4. The molecule has 1 amide bonds. The Bertz CT molecular complexity index is 751. The highest BCUT2D eigenvalue weighted by molar-refractivity contribution is 5.83. The van der Waals surface area contributed by atoms with E-state index in [1.54, 1.807) is 0 Å². The number of aromatic nitrogens is 2. The molecule has 2 heterocycles. The molecule has 1 aliphatic heterocycles. The molecule has 1 aromatic heterocycles. The second-order valence-electron chi connectivity index (χ2n) is 7.47. The van der Waals surface area contributed by atoms with Crippen LogP contribution in [-0.2, 0) is 18.3 Å². The van der Waals surface area contributed by atoms with Crippen molar-refractivity contribution in [3.63, 3.8) is 0 Å². The van der Waals surface area contributed by atoms with Crippen LogP contribution >= 0.6 is 0 Å². The fraction of sp³-hybridized carbons (Fsp3) is 0.500. The average Bonchev–Trinajstić information content (AvgIpc) is 3.04. The van der Waals surface area contributed by atoms with Gasteiger partial charge in [-0.2, -0.15) is 5.10 Å². The summed E-state index contributed by atoms with van der Waals surface area (Å²) >= 11 is 0. The third-order valence-electron chi connectivity index (χ3n) is 5.58. The van der Waals surface area contributed by atoms with E-state index >= 15 is 0 Å². The monoisotopic (exact) mass is 323 g/mol. The SMILES string of the molecule is Cc1ccccc1[C@@H]1C[C@@H]1C(=O)N1CC[C@@H](Cc2cnn(C)c2)C1. The number of likely N-dealkylation sites (tertiary alicyclic amines) is 1. The molecule has 0 radical (unpaired) electrons. The number of hydrogen-bond acceptors (Lipinski definition) is 2. The normalized spacial score (nSPS) is 25.9. The van der Waals surface area contributed by atoms with Crippen LogP contribution in [-0.4, -0.2) is 33.7 Å². The summed E-state index contributed by atoms with van der Waals surface area (Å²) in [5.74, 6) is 1.60. The predicted octanol–water partition coefficient (Wildman–Crippen LogP) is 2.92. The smallest absolute Gasteiger partial charge is 0.226 e. The molecule has 1 aromatic carbocycles. The van der Waals surface area contributed by atoms with Crippen LogP contribution in [0, 0.1) is 18.8 Å². The fourth-order valence-electron chi connectivity index (χ4n) is 4.16. The maximum atomic E-state index is 12.8. The molecule has 2 aromatic rings. The molecule has 126 valence electrons. The van der Waals surface area contributed by atoms with Crippen LogP contribution in [0.25, 0.3) is 0 Å². The van der Waals surface area contributed by atoms with Crippen LogP contribution < -0.4 is 0 Å². The first kappa shape index (κ1) is 15.4. The molecule has 4 heteroatoms. The van der Waals surface area contributed by atoms with E-state index < -0.39 is 0 Å². The van der Waals surface area contributed by atoms with Crippen molar-refractivity contribution in [2.45, 2.75) is 32.1 Å². The number of aryl methyl sites for hydroxylation is 2. The number of nitrogens with zero attached hydrogens (tertiary/aromatic N) is 3. The first-order valence-corrected chi connectivity index (χ1v) is 8.93. The van der Waals surface area contributed by atoms with Crippen molar-refractivity contribution in [3.8, 4) is 0 Å². The Morgan fingerprint density at radius 3 is 2.92 bits per heavy atom. The average molecular weight is 323 g/mol. The number of carbonyl (C=O) groups excluding carboxylic acids is 1. The molecule has 4 rings (SSSR count). The highest BCUT2D eigenvalue weighted by atomic mass is 16.2. The van der Waals surface area contributed by atoms with Gasteiger partial charge in [-0.3, -0.25) is 9.48 Å². The van der Waals surface area contributed by atoms with E-state index in [1.807, 2.05) is 17.9 Å². The molecule has 1 saturated carbocycles. The fourth-order valence-corrected chi connectivity index (χ4v) is 4.16. The Labute approximate surface area is 143 Å². The molecular weight excluding hydrogens is 298 g/mol. The van der Waals surface area contributed by atoms with Gasteiger partial charge in [-0.25, -0.2) is 0 Å². The van der Waals surface area contributed by atoms with Crippen molar-refractivity contribution in [2.24, 2.45) is 18.9 Å². The van der Waals surface area contributed by atoms with E-state index in [0.29, 0.717) is 17.7 Å². The van der Waals surface area contributed by atoms with Crippen LogP contribution in [0.5, 0.6) is 0 Å². The van der Waals surface area contributed by atoms with Crippen LogP contribution in [0.1, 0.15) is 35.4 Å². The van der Waals surface area contributed by atoms with Crippen LogP contribution in [0.3, 0.4) is 0 Å². The number of amides is 1. The second kappa shape index (κ2) is 6.08. The van der Waals surface area contributed by atoms with Crippen molar-refractivity contribution in [1.82, 2.24) is 14.7 Å². The lowest BCUT2D eigenvalue weighted by molar-refractivity contribution is -0.131. The van der Waals surface area contributed by atoms with Gasteiger partial charge in [-0.05, 0) is 54.7 Å². The Balaban J connectivity index is 1.34. The van der Waals surface area contributed by atoms with Crippen molar-refractivity contribution >= 4 is 5.91 Å². The maximum Gasteiger partial charge on any atom is 0.226 e. The van der Waals surface area contributed by atoms with Gasteiger partial charge in [-0.15, -0.1) is 0 Å². The van der Waals surface area contributed by atoms with E-state index in [-0.39, 0.29) is 5.92 Å². The Kier molecular flexibility index (Phi) is 3.91. The summed E-state index contributed by atoms with van der Waals surface area (Å²) in [6, 6.07) is 8.49. The van der Waals surface area contributed by atoms with Gasteiger partial charge in [0, 0.05) is 32.3 Å². The van der Waals surface area contributed by atoms with Gasteiger partial charge in [0.1, 0.15) is 0 Å². The van der Waals surface area contributed by atoms with Crippen molar-refractivity contribution in [1.29, 1.82) is 0 Å². The van der Waals surface area contributed by atoms with Gasteiger partial charge in [-0.1, -0.05) is 24.3 Å². The van der Waals surface area contributed by atoms with Gasteiger partial charge in [0.05, 0.1) is 6.20 Å². The standard InChI is InChI=1S/C20H25N3O/c1-14-5-3-4-6-17(14)18-10-19(18)20(24)23-8-7-15(13-23)9-16-11-21-22(2)12-16/h3-6,11-12,15,18-19H,7-10,13H2,1-2H3/t15-,18-,19-/m0/s1. The molecule has 1 aliphatic carbocycles. The molecule has 0 bridgehead atoms. The summed E-state index contributed by atoms with van der Waals surface area (Å²) in [6.07, 6.45) is 7.19. The molecule has 1 saturated heterocycles. The summed E-state index contributed by atoms with van der Waals surface area (Å²) in [4.78, 5) is 14.9. The van der Waals surface area contributed by atoms with Crippen molar-refractivity contribution in [3.05, 3.63) is 53.3 Å². The molecule has 3 atom stereocenters. The van der Waals surface area contributed by atoms with E-state index in [0.717, 1.165) is 32.4 Å². The topological polar surface area (TPSA) is 38.1 Å². The first-order valence-electron chi connectivity index (χ1n) is 8.93. The largest absolute Gasteiger partial charge is 0.342 e. The van der Waals surface area contributed by atoms with Crippen LogP contribution in [0.15, 0.2) is 36.7 Å². The third-order valence-corrected chi connectivity index (χ3v) is 5.58. The zero-order valence-corrected chi connectivity index (χ0v) is 14.5. The Morgan fingerprint density at radius 2 is 2.17 bits per heavy atom. The molecule has 2 fully saturated rings. The molecule has 24 heavy (non-hydrogen) atoms. The third kappa shape index (κ3) is 2.97. The van der Waals surface area contributed by atoms with E-state index in [9.17, 15) is 4.79 Å². The lowest BCUT2D eigenvalue weighted by atomic mass is 10.0. The summed E-state index contributed by atoms with van der Waals surface area (Å²) < 4.78 is 1.85. The number of hydrogen-bond donors (Lipinski definition) is 0. The summed E-state index contributed by atoms with van der Waals surface area (Å²) in [5, 5.41) is 4.24. The summed E-state index contributed by atoms with van der Waals surface area (Å²) in [7, 11) is 1.95.